The number of rotatable bonds is 4. The molecule has 0 amide bonds. The van der Waals surface area contributed by atoms with E-state index in [-0.39, 0.29) is 10.9 Å². The predicted molar refractivity (Wildman–Crippen MR) is 105 cm³/mol. The summed E-state index contributed by atoms with van der Waals surface area (Å²) in [6.45, 7) is 0.324. The lowest BCUT2D eigenvalue weighted by atomic mass is 10.0. The lowest BCUT2D eigenvalue weighted by Crippen LogP contribution is -2.43. The Morgan fingerprint density at radius 1 is 1.04 bits per heavy atom. The van der Waals surface area contributed by atoms with E-state index >= 15 is 0 Å². The normalized spacial score (nSPS) is 18.6. The Kier molecular flexibility index (Phi) is 5.76. The van der Waals surface area contributed by atoms with Crippen LogP contribution in [0.15, 0.2) is 44.9 Å². The smallest absolute Gasteiger partial charge is 0.330 e. The van der Waals surface area contributed by atoms with Crippen molar-refractivity contribution < 1.29 is 13.2 Å². The minimum Gasteiger partial charge on any atom is -0.497 e. The molecule has 3 rings (SSSR count). The highest BCUT2D eigenvalue weighted by Gasteiger charge is 2.35. The zero-order valence-corrected chi connectivity index (χ0v) is 17.1. The van der Waals surface area contributed by atoms with E-state index in [1.807, 2.05) is 12.1 Å². The van der Waals surface area contributed by atoms with Crippen LogP contribution in [-0.4, -0.2) is 35.5 Å². The van der Waals surface area contributed by atoms with Gasteiger partial charge in [0.25, 0.3) is 15.6 Å². The first-order valence-electron chi connectivity index (χ1n) is 9.20. The quantitative estimate of drug-likeness (QED) is 0.764. The molecule has 1 aliphatic heterocycles. The third-order valence-electron chi connectivity index (χ3n) is 5.21. The maximum Gasteiger partial charge on any atom is 0.330 e. The lowest BCUT2D eigenvalue weighted by molar-refractivity contribution is 0.327. The van der Waals surface area contributed by atoms with Crippen molar-refractivity contribution in [3.05, 3.63) is 56.9 Å². The molecule has 1 unspecified atom stereocenters. The van der Waals surface area contributed by atoms with Crippen LogP contribution in [0.1, 0.15) is 37.3 Å². The second kappa shape index (κ2) is 7.92. The number of benzene rings is 1. The topological polar surface area (TPSA) is 90.6 Å². The molecule has 2 aromatic rings. The van der Waals surface area contributed by atoms with Crippen LogP contribution in [0.2, 0.25) is 0 Å². The van der Waals surface area contributed by atoms with Crippen molar-refractivity contribution in [1.29, 1.82) is 0 Å². The summed E-state index contributed by atoms with van der Waals surface area (Å²) in [5, 5.41) is 0. The molecule has 0 N–H and O–H groups in total. The minimum absolute atomic E-state index is 0.324. The third kappa shape index (κ3) is 3.64. The molecule has 2 heterocycles. The van der Waals surface area contributed by atoms with Gasteiger partial charge in [0.05, 0.1) is 13.2 Å². The Morgan fingerprint density at radius 2 is 1.71 bits per heavy atom. The average Bonchev–Trinajstić information content (AvgIpc) is 2.95. The molecule has 1 aliphatic rings. The van der Waals surface area contributed by atoms with Crippen LogP contribution < -0.4 is 16.0 Å². The number of nitrogens with zero attached hydrogens (tertiary/aromatic N) is 3. The van der Waals surface area contributed by atoms with Gasteiger partial charge in [-0.1, -0.05) is 25.0 Å². The molecule has 1 fully saturated rings. The molecular formula is C19H25N3O5S. The van der Waals surface area contributed by atoms with Gasteiger partial charge in [-0.3, -0.25) is 9.36 Å². The van der Waals surface area contributed by atoms with Gasteiger partial charge >= 0.3 is 5.69 Å². The highest BCUT2D eigenvalue weighted by atomic mass is 32.2. The number of sulfonamides is 1. The number of aryl methyl sites for hydroxylation is 1. The van der Waals surface area contributed by atoms with Crippen LogP contribution >= 0.6 is 0 Å². The maximum atomic E-state index is 13.5. The van der Waals surface area contributed by atoms with Gasteiger partial charge in [-0.15, -0.1) is 0 Å². The molecular weight excluding hydrogens is 382 g/mol. The zero-order chi connectivity index (χ0) is 20.5. The summed E-state index contributed by atoms with van der Waals surface area (Å²) < 4.78 is 35.5. The third-order valence-corrected chi connectivity index (χ3v) is 7.10. The maximum absolute atomic E-state index is 13.5. The molecule has 1 aromatic heterocycles. The van der Waals surface area contributed by atoms with Gasteiger partial charge in [0.1, 0.15) is 5.75 Å². The fourth-order valence-electron chi connectivity index (χ4n) is 3.61. The summed E-state index contributed by atoms with van der Waals surface area (Å²) in [6.07, 6.45) is 4.32. The second-order valence-corrected chi connectivity index (χ2v) is 8.86. The number of ether oxygens (including phenoxy) is 1. The first-order valence-corrected chi connectivity index (χ1v) is 10.6. The van der Waals surface area contributed by atoms with Crippen molar-refractivity contribution in [1.82, 2.24) is 13.4 Å². The standard InChI is InChI=1S/C19H25N3O5S/c1-20-13-17(18(23)21(2)19(20)24)28(25,26)22-12-6-4-5-7-16(22)14-8-10-15(27-3)11-9-14/h8-11,13,16H,4-7,12H2,1-3H3. The monoisotopic (exact) mass is 407 g/mol. The van der Waals surface area contributed by atoms with E-state index in [1.54, 1.807) is 19.2 Å². The summed E-state index contributed by atoms with van der Waals surface area (Å²) in [5.74, 6) is 0.693. The van der Waals surface area contributed by atoms with E-state index in [1.165, 1.54) is 18.4 Å². The van der Waals surface area contributed by atoms with Gasteiger partial charge in [-0.2, -0.15) is 4.31 Å². The molecule has 9 heteroatoms. The van der Waals surface area contributed by atoms with Crippen molar-refractivity contribution in [3.8, 4) is 5.75 Å². The van der Waals surface area contributed by atoms with Crippen LogP contribution in [0.3, 0.4) is 0 Å². The Labute approximate surface area is 164 Å². The molecule has 0 bridgehead atoms. The van der Waals surface area contributed by atoms with E-state index in [0.29, 0.717) is 18.7 Å². The van der Waals surface area contributed by atoms with Crippen LogP contribution in [-0.2, 0) is 24.1 Å². The fourth-order valence-corrected chi connectivity index (χ4v) is 5.44. The molecule has 1 saturated heterocycles. The fraction of sp³-hybridized carbons (Fsp3) is 0.474. The number of hydrogen-bond donors (Lipinski definition) is 0. The molecule has 1 aromatic carbocycles. The van der Waals surface area contributed by atoms with Crippen molar-refractivity contribution in [3.63, 3.8) is 0 Å². The first kappa shape index (κ1) is 20.3. The van der Waals surface area contributed by atoms with Gasteiger partial charge in [-0.05, 0) is 30.5 Å². The lowest BCUT2D eigenvalue weighted by Gasteiger charge is -2.29. The van der Waals surface area contributed by atoms with E-state index in [2.05, 4.69) is 0 Å². The summed E-state index contributed by atoms with van der Waals surface area (Å²) in [4.78, 5) is 24.1. The highest BCUT2D eigenvalue weighted by Crippen LogP contribution is 2.34. The molecule has 8 nitrogen and oxygen atoms in total. The molecule has 0 spiro atoms. The van der Waals surface area contributed by atoms with Gasteiger partial charge in [0.2, 0.25) is 0 Å². The largest absolute Gasteiger partial charge is 0.497 e. The molecule has 1 atom stereocenters. The van der Waals surface area contributed by atoms with E-state index in [4.69, 9.17) is 4.74 Å². The average molecular weight is 407 g/mol. The Balaban J connectivity index is 2.11. The van der Waals surface area contributed by atoms with E-state index < -0.39 is 21.3 Å². The van der Waals surface area contributed by atoms with Crippen molar-refractivity contribution in [2.24, 2.45) is 14.1 Å². The second-order valence-electron chi connectivity index (χ2n) is 7.01. The van der Waals surface area contributed by atoms with Gasteiger partial charge < -0.3 is 9.30 Å². The SMILES string of the molecule is COc1ccc(C2CCCCCN2S(=O)(=O)c2cn(C)c(=O)n(C)c2=O)cc1. The Morgan fingerprint density at radius 3 is 2.36 bits per heavy atom. The molecule has 0 radical (unpaired) electrons. The van der Waals surface area contributed by atoms with Gasteiger partial charge in [0.15, 0.2) is 4.90 Å². The van der Waals surface area contributed by atoms with Crippen LogP contribution in [0.25, 0.3) is 0 Å². The number of methoxy groups -OCH3 is 1. The highest BCUT2D eigenvalue weighted by molar-refractivity contribution is 7.89. The molecule has 0 saturated carbocycles. The molecule has 28 heavy (non-hydrogen) atoms. The van der Waals surface area contributed by atoms with Crippen molar-refractivity contribution in [2.75, 3.05) is 13.7 Å². The molecule has 152 valence electrons. The van der Waals surface area contributed by atoms with E-state index in [9.17, 15) is 18.0 Å². The van der Waals surface area contributed by atoms with Crippen LogP contribution in [0, 0.1) is 0 Å². The van der Waals surface area contributed by atoms with E-state index in [0.717, 1.165) is 40.2 Å². The van der Waals surface area contributed by atoms with Crippen LogP contribution in [0.5, 0.6) is 5.75 Å². The van der Waals surface area contributed by atoms with Crippen molar-refractivity contribution >= 4 is 10.0 Å². The summed E-state index contributed by atoms with van der Waals surface area (Å²) >= 11 is 0. The first-order chi connectivity index (χ1) is 13.3. The van der Waals surface area contributed by atoms with Gasteiger partial charge in [0, 0.05) is 26.8 Å². The zero-order valence-electron chi connectivity index (χ0n) is 16.3. The van der Waals surface area contributed by atoms with Crippen molar-refractivity contribution in [2.45, 2.75) is 36.6 Å². The minimum atomic E-state index is -4.08. The summed E-state index contributed by atoms with van der Waals surface area (Å²) in [6, 6.07) is 6.94. The Bertz CT molecular complexity index is 1070. The van der Waals surface area contributed by atoms with Gasteiger partial charge in [-0.25, -0.2) is 13.2 Å². The Hall–Kier alpha value is -2.39. The predicted octanol–water partition coefficient (Wildman–Crippen LogP) is 1.40. The molecule has 0 aliphatic carbocycles. The number of aromatic nitrogens is 2. The van der Waals surface area contributed by atoms with Crippen LogP contribution in [0.4, 0.5) is 0 Å². The summed E-state index contributed by atoms with van der Waals surface area (Å²) in [5.41, 5.74) is -0.514. The summed E-state index contributed by atoms with van der Waals surface area (Å²) in [7, 11) is 0.214. The number of hydrogen-bond acceptors (Lipinski definition) is 5.